The number of nitrogens with zero attached hydrogens (tertiary/aromatic N) is 2. The van der Waals surface area contributed by atoms with Gasteiger partial charge in [0.25, 0.3) is 10.0 Å². The molecule has 0 saturated heterocycles. The maximum absolute atomic E-state index is 12.2. The Bertz CT molecular complexity index is 770. The van der Waals surface area contributed by atoms with Crippen molar-refractivity contribution in [3.8, 4) is 0 Å². The van der Waals surface area contributed by atoms with Gasteiger partial charge in [0.15, 0.2) is 0 Å². The lowest BCUT2D eigenvalue weighted by Gasteiger charge is -2.07. The van der Waals surface area contributed by atoms with Gasteiger partial charge in [0.05, 0.1) is 10.2 Å². The van der Waals surface area contributed by atoms with E-state index in [1.54, 1.807) is 0 Å². The number of carboxylic acids is 1. The number of halogens is 1. The number of aryl methyl sites for hydroxylation is 1. The van der Waals surface area contributed by atoms with E-state index in [0.717, 1.165) is 6.07 Å². The molecule has 0 amide bonds. The highest BCUT2D eigenvalue weighted by atomic mass is 79.9. The largest absolute Gasteiger partial charge is 0.477 e. The Labute approximate surface area is 123 Å². The molecular formula is C11H10BrN3O4S. The van der Waals surface area contributed by atoms with E-state index in [2.05, 4.69) is 25.6 Å². The minimum Gasteiger partial charge on any atom is -0.477 e. The van der Waals surface area contributed by atoms with Crippen LogP contribution in [0.1, 0.15) is 10.5 Å². The number of carboxylic acid groups (broad SMARTS) is 1. The van der Waals surface area contributed by atoms with Crippen LogP contribution in [-0.4, -0.2) is 29.0 Å². The van der Waals surface area contributed by atoms with Crippen molar-refractivity contribution in [3.63, 3.8) is 0 Å². The van der Waals surface area contributed by atoms with Crippen LogP contribution in [0.4, 0.5) is 5.69 Å². The number of carbonyl (C=O) groups is 1. The Kier molecular flexibility index (Phi) is 3.82. The zero-order valence-electron chi connectivity index (χ0n) is 10.2. The second-order valence-corrected chi connectivity index (χ2v) is 6.47. The molecule has 20 heavy (non-hydrogen) atoms. The third-order valence-electron chi connectivity index (χ3n) is 2.53. The minimum atomic E-state index is -3.86. The highest BCUT2D eigenvalue weighted by Gasteiger charge is 2.21. The molecule has 2 heterocycles. The summed E-state index contributed by atoms with van der Waals surface area (Å²) >= 11 is 3.18. The third-order valence-corrected chi connectivity index (χ3v) is 4.49. The van der Waals surface area contributed by atoms with Crippen LogP contribution >= 0.6 is 15.9 Å². The Morgan fingerprint density at radius 1 is 1.50 bits per heavy atom. The van der Waals surface area contributed by atoms with Crippen LogP contribution in [0.15, 0.2) is 40.1 Å². The number of pyridine rings is 1. The van der Waals surface area contributed by atoms with E-state index in [1.807, 2.05) is 0 Å². The first-order valence-corrected chi connectivity index (χ1v) is 7.61. The van der Waals surface area contributed by atoms with Gasteiger partial charge in [-0.2, -0.15) is 0 Å². The molecule has 0 aliphatic rings. The molecule has 0 aromatic carbocycles. The maximum atomic E-state index is 12.2. The summed E-state index contributed by atoms with van der Waals surface area (Å²) in [6.07, 6.45) is 4.13. The summed E-state index contributed by atoms with van der Waals surface area (Å²) in [7, 11) is -2.40. The van der Waals surface area contributed by atoms with E-state index in [-0.39, 0.29) is 10.6 Å². The fourth-order valence-corrected chi connectivity index (χ4v) is 3.19. The van der Waals surface area contributed by atoms with Crippen molar-refractivity contribution in [2.24, 2.45) is 7.05 Å². The fourth-order valence-electron chi connectivity index (χ4n) is 1.56. The van der Waals surface area contributed by atoms with Crippen molar-refractivity contribution in [2.45, 2.75) is 4.90 Å². The van der Waals surface area contributed by atoms with Gasteiger partial charge >= 0.3 is 5.97 Å². The number of nitrogens with one attached hydrogen (secondary N) is 1. The number of aromatic carboxylic acids is 1. The smallest absolute Gasteiger partial charge is 0.352 e. The molecule has 0 atom stereocenters. The van der Waals surface area contributed by atoms with Gasteiger partial charge in [0, 0.05) is 25.6 Å². The Hall–Kier alpha value is -1.87. The van der Waals surface area contributed by atoms with Gasteiger partial charge in [-0.1, -0.05) is 0 Å². The molecule has 0 radical (unpaired) electrons. The first kappa shape index (κ1) is 14.5. The summed E-state index contributed by atoms with van der Waals surface area (Å²) in [6, 6.07) is 2.59. The predicted molar refractivity (Wildman–Crippen MR) is 75.1 cm³/mol. The van der Waals surface area contributed by atoms with Gasteiger partial charge in [-0.15, -0.1) is 0 Å². The molecular weight excluding hydrogens is 350 g/mol. The Balaban J connectivity index is 2.39. The number of hydrogen-bond donors (Lipinski definition) is 2. The van der Waals surface area contributed by atoms with E-state index in [0.29, 0.717) is 10.2 Å². The predicted octanol–water partition coefficient (Wildman–Crippen LogP) is 1.68. The average molecular weight is 360 g/mol. The Morgan fingerprint density at radius 2 is 2.20 bits per heavy atom. The topological polar surface area (TPSA) is 101 Å². The Morgan fingerprint density at radius 3 is 2.75 bits per heavy atom. The second-order valence-electron chi connectivity index (χ2n) is 3.94. The molecule has 2 aromatic heterocycles. The molecule has 0 unspecified atom stereocenters. The first-order chi connectivity index (χ1) is 9.31. The van der Waals surface area contributed by atoms with Crippen molar-refractivity contribution < 1.29 is 18.3 Å². The molecule has 9 heteroatoms. The lowest BCUT2D eigenvalue weighted by molar-refractivity contribution is 0.0686. The highest BCUT2D eigenvalue weighted by molar-refractivity contribution is 9.10. The van der Waals surface area contributed by atoms with E-state index in [9.17, 15) is 13.2 Å². The molecule has 0 bridgehead atoms. The van der Waals surface area contributed by atoms with Crippen molar-refractivity contribution >= 4 is 37.6 Å². The van der Waals surface area contributed by atoms with Gasteiger partial charge < -0.3 is 9.67 Å². The minimum absolute atomic E-state index is 0.112. The van der Waals surface area contributed by atoms with Gasteiger partial charge in [-0.25, -0.2) is 13.2 Å². The van der Waals surface area contributed by atoms with E-state index in [1.165, 1.54) is 36.3 Å². The fraction of sp³-hybridized carbons (Fsp3) is 0.0909. The number of anilines is 1. The number of aromatic nitrogens is 2. The summed E-state index contributed by atoms with van der Waals surface area (Å²) in [6.45, 7) is 0. The normalized spacial score (nSPS) is 11.3. The highest BCUT2D eigenvalue weighted by Crippen LogP contribution is 2.24. The molecule has 0 spiro atoms. The van der Waals surface area contributed by atoms with E-state index >= 15 is 0 Å². The summed E-state index contributed by atoms with van der Waals surface area (Å²) in [5.74, 6) is -1.20. The van der Waals surface area contributed by atoms with Crippen LogP contribution < -0.4 is 4.72 Å². The zero-order chi connectivity index (χ0) is 14.9. The molecule has 7 nitrogen and oxygen atoms in total. The summed E-state index contributed by atoms with van der Waals surface area (Å²) in [5, 5.41) is 8.93. The van der Waals surface area contributed by atoms with Crippen molar-refractivity contribution in [2.75, 3.05) is 4.72 Å². The van der Waals surface area contributed by atoms with Crippen LogP contribution in [0.2, 0.25) is 0 Å². The quantitative estimate of drug-likeness (QED) is 0.864. The van der Waals surface area contributed by atoms with Crippen molar-refractivity contribution in [1.29, 1.82) is 0 Å². The van der Waals surface area contributed by atoms with Gasteiger partial charge in [-0.05, 0) is 28.1 Å². The molecule has 2 rings (SSSR count). The molecule has 0 aliphatic heterocycles. The summed E-state index contributed by atoms with van der Waals surface area (Å²) in [4.78, 5) is 14.6. The SMILES string of the molecule is Cn1cc(S(=O)(=O)Nc2ccncc2Br)cc1C(=O)O. The van der Waals surface area contributed by atoms with Gasteiger partial charge in [-0.3, -0.25) is 9.71 Å². The molecule has 0 saturated carbocycles. The lowest BCUT2D eigenvalue weighted by atomic mass is 10.4. The van der Waals surface area contributed by atoms with Gasteiger partial charge in [0.1, 0.15) is 10.6 Å². The van der Waals surface area contributed by atoms with E-state index in [4.69, 9.17) is 5.11 Å². The van der Waals surface area contributed by atoms with Crippen LogP contribution in [0.3, 0.4) is 0 Å². The standard InChI is InChI=1S/C11H10BrN3O4S/c1-15-6-7(4-10(15)11(16)17)20(18,19)14-9-2-3-13-5-8(9)12/h2-6H,1H3,(H,13,14)(H,16,17). The maximum Gasteiger partial charge on any atom is 0.352 e. The van der Waals surface area contributed by atoms with E-state index < -0.39 is 16.0 Å². The monoisotopic (exact) mass is 359 g/mol. The van der Waals surface area contributed by atoms with Crippen LogP contribution in [0.5, 0.6) is 0 Å². The third kappa shape index (κ3) is 2.83. The first-order valence-electron chi connectivity index (χ1n) is 5.33. The van der Waals surface area contributed by atoms with Crippen LogP contribution in [0.25, 0.3) is 0 Å². The molecule has 0 fully saturated rings. The second kappa shape index (κ2) is 5.25. The van der Waals surface area contributed by atoms with Crippen molar-refractivity contribution in [1.82, 2.24) is 9.55 Å². The molecule has 106 valence electrons. The molecule has 2 N–H and O–H groups in total. The average Bonchev–Trinajstić information content (AvgIpc) is 2.75. The molecule has 2 aromatic rings. The number of rotatable bonds is 4. The van der Waals surface area contributed by atoms with Crippen molar-refractivity contribution in [3.05, 3.63) is 40.9 Å². The number of sulfonamides is 1. The van der Waals surface area contributed by atoms with Crippen LogP contribution in [-0.2, 0) is 17.1 Å². The van der Waals surface area contributed by atoms with Crippen LogP contribution in [0, 0.1) is 0 Å². The summed E-state index contributed by atoms with van der Waals surface area (Å²) in [5.41, 5.74) is 0.208. The number of hydrogen-bond acceptors (Lipinski definition) is 4. The lowest BCUT2D eigenvalue weighted by Crippen LogP contribution is -2.12. The summed E-state index contributed by atoms with van der Waals surface area (Å²) < 4.78 is 28.4. The zero-order valence-corrected chi connectivity index (χ0v) is 12.6. The van der Waals surface area contributed by atoms with Gasteiger partial charge in [0.2, 0.25) is 0 Å². The molecule has 0 aliphatic carbocycles.